The molecule has 0 heterocycles. The van der Waals surface area contributed by atoms with E-state index in [2.05, 4.69) is 27.7 Å². The third-order valence-electron chi connectivity index (χ3n) is 12.9. The average Bonchev–Trinajstić information content (AvgIpc) is 3.26. The predicted octanol–water partition coefficient (Wildman–Crippen LogP) is 17.8. The van der Waals surface area contributed by atoms with E-state index in [1.807, 2.05) is 0 Å². The Balaban J connectivity index is 4.05. The Morgan fingerprint density at radius 2 is 0.574 bits per heavy atom. The molecule has 0 aromatic heterocycles. The quantitative estimate of drug-likeness (QED) is 0.0344. The fourth-order valence-electron chi connectivity index (χ4n) is 8.36. The van der Waals surface area contributed by atoms with Gasteiger partial charge >= 0.3 is 17.9 Å². The molecule has 0 saturated heterocycles. The zero-order valence-electron chi connectivity index (χ0n) is 41.6. The first-order valence-corrected chi connectivity index (χ1v) is 27.4. The van der Waals surface area contributed by atoms with Crippen molar-refractivity contribution in [2.75, 3.05) is 13.2 Å². The highest BCUT2D eigenvalue weighted by Crippen LogP contribution is 2.18. The second kappa shape index (κ2) is 49.4. The molecule has 0 spiro atoms. The Hall–Kier alpha value is -1.59. The Labute approximate surface area is 380 Å². The SMILES string of the molecule is CCCCCCCCCCCCCCCCCCC(=O)OC[C@@H](COC(=O)CCCCCCC)OC(=O)CCCCCCCCCCCCCCCCCCCCC(C)CC. The van der Waals surface area contributed by atoms with Gasteiger partial charge in [0.05, 0.1) is 0 Å². The lowest BCUT2D eigenvalue weighted by Gasteiger charge is -2.18. The third-order valence-corrected chi connectivity index (χ3v) is 12.9. The first-order chi connectivity index (χ1) is 29.9. The average molecular weight is 863 g/mol. The van der Waals surface area contributed by atoms with Gasteiger partial charge in [-0.15, -0.1) is 0 Å². The van der Waals surface area contributed by atoms with Crippen LogP contribution in [-0.4, -0.2) is 37.2 Å². The van der Waals surface area contributed by atoms with Crippen molar-refractivity contribution < 1.29 is 28.6 Å². The number of unbranched alkanes of at least 4 members (excludes halogenated alkanes) is 36. The number of esters is 3. The van der Waals surface area contributed by atoms with E-state index in [4.69, 9.17) is 14.2 Å². The Kier molecular flexibility index (Phi) is 48.1. The van der Waals surface area contributed by atoms with E-state index in [-0.39, 0.29) is 31.1 Å². The largest absolute Gasteiger partial charge is 0.462 e. The molecular formula is C55H106O6. The summed E-state index contributed by atoms with van der Waals surface area (Å²) >= 11 is 0. The summed E-state index contributed by atoms with van der Waals surface area (Å²) in [5.74, 6) is 0.0535. The summed E-state index contributed by atoms with van der Waals surface area (Å²) in [6.45, 7) is 9.01. The molecule has 61 heavy (non-hydrogen) atoms. The van der Waals surface area contributed by atoms with Crippen LogP contribution < -0.4 is 0 Å². The topological polar surface area (TPSA) is 78.9 Å². The zero-order chi connectivity index (χ0) is 44.5. The van der Waals surface area contributed by atoms with Crippen LogP contribution in [0.5, 0.6) is 0 Å². The van der Waals surface area contributed by atoms with Gasteiger partial charge in [0.15, 0.2) is 6.10 Å². The molecule has 0 saturated carbocycles. The van der Waals surface area contributed by atoms with Crippen molar-refractivity contribution in [2.24, 2.45) is 5.92 Å². The van der Waals surface area contributed by atoms with Gasteiger partial charge in [-0.3, -0.25) is 14.4 Å². The summed E-state index contributed by atoms with van der Waals surface area (Å²) in [5.41, 5.74) is 0. The lowest BCUT2D eigenvalue weighted by molar-refractivity contribution is -0.167. The van der Waals surface area contributed by atoms with Crippen molar-refractivity contribution in [3.63, 3.8) is 0 Å². The number of hydrogen-bond donors (Lipinski definition) is 0. The van der Waals surface area contributed by atoms with Crippen LogP contribution in [0.25, 0.3) is 0 Å². The molecule has 0 N–H and O–H groups in total. The monoisotopic (exact) mass is 863 g/mol. The van der Waals surface area contributed by atoms with E-state index in [0.29, 0.717) is 19.3 Å². The Morgan fingerprint density at radius 1 is 0.328 bits per heavy atom. The van der Waals surface area contributed by atoms with Crippen LogP contribution in [0.15, 0.2) is 0 Å². The molecule has 6 heteroatoms. The highest BCUT2D eigenvalue weighted by Gasteiger charge is 2.19. The van der Waals surface area contributed by atoms with Crippen molar-refractivity contribution in [2.45, 2.75) is 316 Å². The van der Waals surface area contributed by atoms with Crippen LogP contribution in [0.3, 0.4) is 0 Å². The van der Waals surface area contributed by atoms with E-state index in [9.17, 15) is 14.4 Å². The van der Waals surface area contributed by atoms with Crippen LogP contribution in [0.4, 0.5) is 0 Å². The van der Waals surface area contributed by atoms with Gasteiger partial charge in [0.1, 0.15) is 13.2 Å². The third kappa shape index (κ3) is 47.7. The molecule has 0 aromatic rings. The molecule has 0 bridgehead atoms. The maximum absolute atomic E-state index is 12.8. The second-order valence-corrected chi connectivity index (χ2v) is 19.1. The normalized spacial score (nSPS) is 12.4. The minimum atomic E-state index is -0.759. The standard InChI is InChI=1S/C55H106O6/c1-5-8-10-12-13-14-15-16-17-23-26-29-32-35-39-43-47-54(57)60-50-52(49-59-53(56)46-42-37-11-9-6-2)61-55(58)48-44-40-36-33-30-27-24-21-19-18-20-22-25-28-31-34-38-41-45-51(4)7-3/h51-52H,5-50H2,1-4H3/t51?,52-/m1/s1. The van der Waals surface area contributed by atoms with E-state index in [1.54, 1.807) is 0 Å². The molecular weight excluding hydrogens is 757 g/mol. The zero-order valence-corrected chi connectivity index (χ0v) is 41.6. The van der Waals surface area contributed by atoms with Gasteiger partial charge in [-0.2, -0.15) is 0 Å². The number of carbonyl (C=O) groups is 3. The Bertz CT molecular complexity index is 920. The smallest absolute Gasteiger partial charge is 0.306 e. The molecule has 0 rings (SSSR count). The molecule has 0 aliphatic rings. The summed E-state index contributed by atoms with van der Waals surface area (Å²) < 4.78 is 16.7. The van der Waals surface area contributed by atoms with Crippen molar-refractivity contribution in [1.82, 2.24) is 0 Å². The molecule has 0 aliphatic carbocycles. The van der Waals surface area contributed by atoms with Crippen molar-refractivity contribution in [1.29, 1.82) is 0 Å². The van der Waals surface area contributed by atoms with Gasteiger partial charge in [-0.1, -0.05) is 272 Å². The van der Waals surface area contributed by atoms with Crippen molar-refractivity contribution in [3.8, 4) is 0 Å². The first-order valence-electron chi connectivity index (χ1n) is 27.4. The number of rotatable bonds is 50. The van der Waals surface area contributed by atoms with Crippen LogP contribution in [-0.2, 0) is 28.6 Å². The number of carbonyl (C=O) groups excluding carboxylic acids is 3. The fourth-order valence-corrected chi connectivity index (χ4v) is 8.36. The lowest BCUT2D eigenvalue weighted by atomic mass is 9.99. The van der Waals surface area contributed by atoms with E-state index in [0.717, 1.165) is 70.1 Å². The van der Waals surface area contributed by atoms with Gasteiger partial charge in [-0.25, -0.2) is 0 Å². The van der Waals surface area contributed by atoms with Crippen molar-refractivity contribution >= 4 is 17.9 Å². The summed E-state index contributed by atoms with van der Waals surface area (Å²) in [5, 5.41) is 0. The second-order valence-electron chi connectivity index (χ2n) is 19.1. The molecule has 0 aliphatic heterocycles. The van der Waals surface area contributed by atoms with Crippen LogP contribution in [0.1, 0.15) is 310 Å². The molecule has 2 atom stereocenters. The minimum absolute atomic E-state index is 0.0635. The predicted molar refractivity (Wildman–Crippen MR) is 261 cm³/mol. The number of hydrogen-bond acceptors (Lipinski definition) is 6. The van der Waals surface area contributed by atoms with Gasteiger partial charge < -0.3 is 14.2 Å². The summed E-state index contributed by atoms with van der Waals surface area (Å²) in [7, 11) is 0. The van der Waals surface area contributed by atoms with Crippen LogP contribution in [0, 0.1) is 5.92 Å². The van der Waals surface area contributed by atoms with E-state index < -0.39 is 6.10 Å². The maximum atomic E-state index is 12.8. The maximum Gasteiger partial charge on any atom is 0.306 e. The lowest BCUT2D eigenvalue weighted by Crippen LogP contribution is -2.30. The molecule has 6 nitrogen and oxygen atoms in total. The summed E-state index contributed by atoms with van der Waals surface area (Å²) in [6, 6.07) is 0. The summed E-state index contributed by atoms with van der Waals surface area (Å²) in [6.07, 6.45) is 52.7. The highest BCUT2D eigenvalue weighted by atomic mass is 16.6. The van der Waals surface area contributed by atoms with Gasteiger partial charge in [-0.05, 0) is 25.2 Å². The molecule has 0 aromatic carbocycles. The highest BCUT2D eigenvalue weighted by molar-refractivity contribution is 5.71. The van der Waals surface area contributed by atoms with Gasteiger partial charge in [0, 0.05) is 19.3 Å². The van der Waals surface area contributed by atoms with Gasteiger partial charge in [0.2, 0.25) is 0 Å². The molecule has 0 fully saturated rings. The Morgan fingerprint density at radius 3 is 0.852 bits per heavy atom. The molecule has 0 radical (unpaired) electrons. The first kappa shape index (κ1) is 59.4. The molecule has 362 valence electrons. The molecule has 0 amide bonds. The fraction of sp³-hybridized carbons (Fsp3) is 0.945. The van der Waals surface area contributed by atoms with Crippen molar-refractivity contribution in [3.05, 3.63) is 0 Å². The van der Waals surface area contributed by atoms with Crippen LogP contribution >= 0.6 is 0 Å². The minimum Gasteiger partial charge on any atom is -0.462 e. The van der Waals surface area contributed by atoms with E-state index >= 15 is 0 Å². The number of ether oxygens (including phenoxy) is 3. The van der Waals surface area contributed by atoms with Gasteiger partial charge in [0.25, 0.3) is 0 Å². The molecule has 1 unspecified atom stereocenters. The van der Waals surface area contributed by atoms with Crippen LogP contribution in [0.2, 0.25) is 0 Å². The van der Waals surface area contributed by atoms with E-state index in [1.165, 1.54) is 199 Å². The summed E-state index contributed by atoms with van der Waals surface area (Å²) in [4.78, 5) is 37.7.